The number of methoxy groups -OCH3 is 1. The first kappa shape index (κ1) is 21.4. The molecule has 2 amide bonds. The van der Waals surface area contributed by atoms with Gasteiger partial charge in [0, 0.05) is 11.1 Å². The molecule has 0 aromatic heterocycles. The molecule has 2 saturated heterocycles. The summed E-state index contributed by atoms with van der Waals surface area (Å²) in [6.07, 6.45) is -0.945. The minimum absolute atomic E-state index is 0.205. The van der Waals surface area contributed by atoms with E-state index in [1.807, 2.05) is 19.1 Å². The summed E-state index contributed by atoms with van der Waals surface area (Å²) in [5.41, 5.74) is 0.221. The number of anilines is 1. The van der Waals surface area contributed by atoms with E-state index in [0.29, 0.717) is 11.3 Å². The van der Waals surface area contributed by atoms with Gasteiger partial charge in [-0.05, 0) is 24.6 Å². The zero-order valence-corrected chi connectivity index (χ0v) is 19.1. The highest BCUT2D eigenvalue weighted by atomic mass is 16.5. The van der Waals surface area contributed by atoms with Crippen molar-refractivity contribution in [3.63, 3.8) is 0 Å². The van der Waals surface area contributed by atoms with Crippen LogP contribution in [-0.4, -0.2) is 36.1 Å². The maximum absolute atomic E-state index is 14.0. The van der Waals surface area contributed by atoms with Gasteiger partial charge in [0.15, 0.2) is 0 Å². The van der Waals surface area contributed by atoms with Gasteiger partial charge in [0.25, 0.3) is 0 Å². The van der Waals surface area contributed by atoms with Crippen LogP contribution in [-0.2, 0) is 14.3 Å². The second kappa shape index (κ2) is 7.45. The summed E-state index contributed by atoms with van der Waals surface area (Å²) in [6, 6.07) is 20.5. The molecule has 1 aliphatic carbocycles. The van der Waals surface area contributed by atoms with Gasteiger partial charge in [-0.2, -0.15) is 0 Å². The predicted molar refractivity (Wildman–Crippen MR) is 125 cm³/mol. The molecule has 6 rings (SSSR count). The number of rotatable bonds is 3. The molecule has 0 saturated carbocycles. The molecule has 3 aromatic carbocycles. The summed E-state index contributed by atoms with van der Waals surface area (Å²) in [5, 5.41) is 0. The van der Waals surface area contributed by atoms with Crippen molar-refractivity contribution < 1.29 is 28.7 Å². The zero-order valence-electron chi connectivity index (χ0n) is 19.1. The highest BCUT2D eigenvalue weighted by Crippen LogP contribution is 2.58. The van der Waals surface area contributed by atoms with Crippen molar-refractivity contribution in [1.29, 1.82) is 0 Å². The first-order chi connectivity index (χ1) is 16.9. The smallest absolute Gasteiger partial charge is 0.241 e. The highest BCUT2D eigenvalue weighted by Gasteiger charge is 2.74. The van der Waals surface area contributed by atoms with Crippen LogP contribution in [0.3, 0.4) is 0 Å². The molecule has 7 heteroatoms. The third-order valence-electron chi connectivity index (χ3n) is 7.25. The molecule has 3 aliphatic rings. The number of carbonyl (C=O) groups is 4. The Kier molecular flexibility index (Phi) is 4.56. The second-order valence-corrected chi connectivity index (χ2v) is 9.08. The van der Waals surface area contributed by atoms with Crippen molar-refractivity contribution in [1.82, 2.24) is 0 Å². The highest BCUT2D eigenvalue weighted by molar-refractivity contribution is 6.37. The van der Waals surface area contributed by atoms with E-state index in [1.165, 1.54) is 7.11 Å². The molecule has 0 bridgehead atoms. The zero-order chi connectivity index (χ0) is 24.5. The molecule has 1 spiro atoms. The number of carbonyl (C=O) groups excluding carboxylic acids is 4. The summed E-state index contributed by atoms with van der Waals surface area (Å²) in [5.74, 6) is -4.33. The van der Waals surface area contributed by atoms with Crippen LogP contribution < -0.4 is 9.64 Å². The molecule has 2 fully saturated rings. The molecule has 2 aliphatic heterocycles. The van der Waals surface area contributed by atoms with Crippen LogP contribution in [0, 0.1) is 18.8 Å². The van der Waals surface area contributed by atoms with Gasteiger partial charge < -0.3 is 9.47 Å². The minimum Gasteiger partial charge on any atom is -0.495 e. The summed E-state index contributed by atoms with van der Waals surface area (Å²) < 4.78 is 11.7. The predicted octanol–water partition coefficient (Wildman–Crippen LogP) is 3.70. The molecule has 2 heterocycles. The van der Waals surface area contributed by atoms with Gasteiger partial charge in [0.1, 0.15) is 5.75 Å². The third kappa shape index (κ3) is 2.70. The Labute approximate surface area is 201 Å². The number of imide groups is 1. The average molecular weight is 467 g/mol. The standard InChI is InChI=1S/C28H21NO6/c1-15-11-13-16(14-12-15)23-21-22(27(33)29(26(21)32)19-9-5-6-10-20(19)34-2)28(35-23)24(30)17-7-3-4-8-18(17)25(28)31/h3-14,21-23H,1-2H3. The Balaban J connectivity index is 1.55. The minimum atomic E-state index is -2.09. The summed E-state index contributed by atoms with van der Waals surface area (Å²) in [7, 11) is 1.45. The van der Waals surface area contributed by atoms with E-state index in [2.05, 4.69) is 0 Å². The first-order valence-corrected chi connectivity index (χ1v) is 11.3. The quantitative estimate of drug-likeness (QED) is 0.431. The fraction of sp³-hybridized carbons (Fsp3) is 0.214. The van der Waals surface area contributed by atoms with Crippen molar-refractivity contribution in [2.75, 3.05) is 12.0 Å². The number of Topliss-reactive ketones (excluding diaryl/α,β-unsaturated/α-hetero) is 2. The van der Waals surface area contributed by atoms with Gasteiger partial charge in [0.05, 0.1) is 30.7 Å². The molecule has 0 radical (unpaired) electrons. The van der Waals surface area contributed by atoms with Crippen molar-refractivity contribution in [2.24, 2.45) is 11.8 Å². The van der Waals surface area contributed by atoms with Crippen molar-refractivity contribution in [2.45, 2.75) is 18.6 Å². The number of ketones is 2. The Bertz CT molecular complexity index is 1390. The topological polar surface area (TPSA) is 90.0 Å². The van der Waals surface area contributed by atoms with E-state index in [1.54, 1.807) is 60.7 Å². The van der Waals surface area contributed by atoms with E-state index in [9.17, 15) is 19.2 Å². The molecule has 35 heavy (non-hydrogen) atoms. The van der Waals surface area contributed by atoms with Gasteiger partial charge in [-0.3, -0.25) is 19.2 Å². The van der Waals surface area contributed by atoms with E-state index in [0.717, 1.165) is 10.5 Å². The number of benzene rings is 3. The molecule has 7 nitrogen and oxygen atoms in total. The molecular weight excluding hydrogens is 446 g/mol. The average Bonchev–Trinajstić information content (AvgIpc) is 3.44. The largest absolute Gasteiger partial charge is 0.495 e. The normalized spacial score (nSPS) is 24.3. The summed E-state index contributed by atoms with van der Waals surface area (Å²) >= 11 is 0. The van der Waals surface area contributed by atoms with Crippen LogP contribution in [0.15, 0.2) is 72.8 Å². The molecular formula is C28H21NO6. The Morgan fingerprint density at radius 3 is 2.03 bits per heavy atom. The monoisotopic (exact) mass is 467 g/mol. The Hall–Kier alpha value is -4.10. The lowest BCUT2D eigenvalue weighted by Crippen LogP contribution is -2.51. The number of fused-ring (bicyclic) bond motifs is 3. The van der Waals surface area contributed by atoms with Crippen LogP contribution in [0.2, 0.25) is 0 Å². The first-order valence-electron chi connectivity index (χ1n) is 11.3. The Morgan fingerprint density at radius 2 is 1.40 bits per heavy atom. The molecule has 3 unspecified atom stereocenters. The fourth-order valence-corrected chi connectivity index (χ4v) is 5.63. The van der Waals surface area contributed by atoms with Crippen LogP contribution in [0.5, 0.6) is 5.75 Å². The lowest BCUT2D eigenvalue weighted by Gasteiger charge is -2.27. The molecule has 0 N–H and O–H groups in total. The van der Waals surface area contributed by atoms with Crippen molar-refractivity contribution in [3.8, 4) is 5.75 Å². The van der Waals surface area contributed by atoms with E-state index >= 15 is 0 Å². The van der Waals surface area contributed by atoms with Crippen LogP contribution in [0.25, 0.3) is 0 Å². The van der Waals surface area contributed by atoms with E-state index < -0.39 is 46.9 Å². The number of para-hydroxylation sites is 2. The van der Waals surface area contributed by atoms with Crippen LogP contribution in [0.4, 0.5) is 5.69 Å². The van der Waals surface area contributed by atoms with Crippen molar-refractivity contribution >= 4 is 29.1 Å². The van der Waals surface area contributed by atoms with Crippen LogP contribution >= 0.6 is 0 Å². The van der Waals surface area contributed by atoms with Gasteiger partial charge in [-0.15, -0.1) is 0 Å². The van der Waals surface area contributed by atoms with Gasteiger partial charge in [-0.1, -0.05) is 66.2 Å². The number of ether oxygens (including phenoxy) is 2. The lowest BCUT2D eigenvalue weighted by molar-refractivity contribution is -0.127. The van der Waals surface area contributed by atoms with Gasteiger partial charge in [0.2, 0.25) is 29.0 Å². The SMILES string of the molecule is COc1ccccc1N1C(=O)C2C(c3ccc(C)cc3)OC3(C(=O)c4ccccc4C3=O)C2C1=O. The van der Waals surface area contributed by atoms with Gasteiger partial charge >= 0.3 is 0 Å². The van der Waals surface area contributed by atoms with E-state index in [4.69, 9.17) is 9.47 Å². The molecule has 3 aromatic rings. The number of amides is 2. The third-order valence-corrected chi connectivity index (χ3v) is 7.25. The maximum Gasteiger partial charge on any atom is 0.241 e. The van der Waals surface area contributed by atoms with E-state index in [-0.39, 0.29) is 16.8 Å². The summed E-state index contributed by atoms with van der Waals surface area (Å²) in [4.78, 5) is 56.4. The fourth-order valence-electron chi connectivity index (χ4n) is 5.63. The van der Waals surface area contributed by atoms with Crippen molar-refractivity contribution in [3.05, 3.63) is 95.1 Å². The molecule has 174 valence electrons. The maximum atomic E-state index is 14.0. The number of nitrogens with zero attached hydrogens (tertiary/aromatic N) is 1. The number of aryl methyl sites for hydroxylation is 1. The Morgan fingerprint density at radius 1 is 0.800 bits per heavy atom. The van der Waals surface area contributed by atoms with Crippen LogP contribution in [0.1, 0.15) is 37.9 Å². The second-order valence-electron chi connectivity index (χ2n) is 9.08. The number of hydrogen-bond donors (Lipinski definition) is 0. The lowest BCUT2D eigenvalue weighted by atomic mass is 9.77. The van der Waals surface area contributed by atoms with Gasteiger partial charge in [-0.25, -0.2) is 4.90 Å². The molecule has 3 atom stereocenters. The number of hydrogen-bond acceptors (Lipinski definition) is 6. The summed E-state index contributed by atoms with van der Waals surface area (Å²) in [6.45, 7) is 1.93.